The van der Waals surface area contributed by atoms with Gasteiger partial charge in [-0.3, -0.25) is 0 Å². The maximum absolute atomic E-state index is 4.71. The SMILES string of the molecule is Cc1ccccc1-n1cc(-c2ccccc2)c2c(N3CCCC3)ncnc21. The third-order valence-corrected chi connectivity index (χ3v) is 5.43. The zero-order valence-electron chi connectivity index (χ0n) is 15.5. The molecule has 4 aromatic rings. The van der Waals surface area contributed by atoms with Crippen LogP contribution in [0.3, 0.4) is 0 Å². The number of aromatic nitrogens is 3. The first-order valence-corrected chi connectivity index (χ1v) is 9.55. The van der Waals surface area contributed by atoms with Gasteiger partial charge in [0.15, 0.2) is 5.65 Å². The van der Waals surface area contributed by atoms with Crippen molar-refractivity contribution in [3.63, 3.8) is 0 Å². The number of nitrogens with zero attached hydrogens (tertiary/aromatic N) is 4. The van der Waals surface area contributed by atoms with Gasteiger partial charge in [0.1, 0.15) is 12.1 Å². The second-order valence-corrected chi connectivity index (χ2v) is 7.16. The van der Waals surface area contributed by atoms with Crippen LogP contribution in [0.5, 0.6) is 0 Å². The van der Waals surface area contributed by atoms with Gasteiger partial charge in [-0.05, 0) is 37.0 Å². The first-order valence-electron chi connectivity index (χ1n) is 9.55. The summed E-state index contributed by atoms with van der Waals surface area (Å²) >= 11 is 0. The van der Waals surface area contributed by atoms with Crippen molar-refractivity contribution in [2.45, 2.75) is 19.8 Å². The molecular weight excluding hydrogens is 332 g/mol. The molecule has 5 rings (SSSR count). The topological polar surface area (TPSA) is 34.0 Å². The molecule has 1 saturated heterocycles. The molecule has 3 heterocycles. The fourth-order valence-electron chi connectivity index (χ4n) is 4.07. The highest BCUT2D eigenvalue weighted by Crippen LogP contribution is 2.37. The van der Waals surface area contributed by atoms with Gasteiger partial charge in [-0.25, -0.2) is 9.97 Å². The third-order valence-electron chi connectivity index (χ3n) is 5.43. The Morgan fingerprint density at radius 3 is 2.37 bits per heavy atom. The molecule has 0 unspecified atom stereocenters. The lowest BCUT2D eigenvalue weighted by atomic mass is 10.1. The Hall–Kier alpha value is -3.14. The van der Waals surface area contributed by atoms with Crippen molar-refractivity contribution >= 4 is 16.9 Å². The summed E-state index contributed by atoms with van der Waals surface area (Å²) in [7, 11) is 0. The summed E-state index contributed by atoms with van der Waals surface area (Å²) < 4.78 is 2.22. The minimum Gasteiger partial charge on any atom is -0.356 e. The van der Waals surface area contributed by atoms with Crippen molar-refractivity contribution in [1.29, 1.82) is 0 Å². The first kappa shape index (κ1) is 16.1. The van der Waals surface area contributed by atoms with E-state index in [1.165, 1.54) is 29.5 Å². The molecule has 4 heteroatoms. The quantitative estimate of drug-likeness (QED) is 0.519. The monoisotopic (exact) mass is 354 g/mol. The Morgan fingerprint density at radius 1 is 0.852 bits per heavy atom. The lowest BCUT2D eigenvalue weighted by molar-refractivity contribution is 0.937. The number of aryl methyl sites for hydroxylation is 1. The molecule has 1 aliphatic rings. The van der Waals surface area contributed by atoms with E-state index in [-0.39, 0.29) is 0 Å². The number of fused-ring (bicyclic) bond motifs is 1. The van der Waals surface area contributed by atoms with Gasteiger partial charge in [-0.2, -0.15) is 0 Å². The summed E-state index contributed by atoms with van der Waals surface area (Å²) in [6.07, 6.45) is 6.38. The maximum atomic E-state index is 4.71. The number of hydrogen-bond donors (Lipinski definition) is 0. The zero-order chi connectivity index (χ0) is 18.2. The molecular formula is C23H22N4. The van der Waals surface area contributed by atoms with Crippen molar-refractivity contribution in [1.82, 2.24) is 14.5 Å². The van der Waals surface area contributed by atoms with Crippen LogP contribution < -0.4 is 4.90 Å². The van der Waals surface area contributed by atoms with E-state index in [2.05, 4.69) is 77.2 Å². The second-order valence-electron chi connectivity index (χ2n) is 7.16. The number of rotatable bonds is 3. The Morgan fingerprint density at radius 2 is 1.59 bits per heavy atom. The Kier molecular flexibility index (Phi) is 3.89. The fourth-order valence-corrected chi connectivity index (χ4v) is 4.07. The van der Waals surface area contributed by atoms with E-state index in [4.69, 9.17) is 9.97 Å². The zero-order valence-corrected chi connectivity index (χ0v) is 15.5. The van der Waals surface area contributed by atoms with Crippen LogP contribution in [0.25, 0.3) is 27.8 Å². The summed E-state index contributed by atoms with van der Waals surface area (Å²) in [5.74, 6) is 1.06. The van der Waals surface area contributed by atoms with Gasteiger partial charge in [0, 0.05) is 30.5 Å². The van der Waals surface area contributed by atoms with Crippen molar-refractivity contribution in [3.05, 3.63) is 72.7 Å². The van der Waals surface area contributed by atoms with E-state index in [1.807, 2.05) is 0 Å². The first-order chi connectivity index (χ1) is 13.3. The summed E-state index contributed by atoms with van der Waals surface area (Å²) in [6.45, 7) is 4.28. The van der Waals surface area contributed by atoms with Crippen LogP contribution in [-0.2, 0) is 0 Å². The molecule has 0 radical (unpaired) electrons. The van der Waals surface area contributed by atoms with Crippen molar-refractivity contribution in [3.8, 4) is 16.8 Å². The van der Waals surface area contributed by atoms with Crippen LogP contribution >= 0.6 is 0 Å². The minimum absolute atomic E-state index is 0.972. The van der Waals surface area contributed by atoms with Crippen LogP contribution in [0.1, 0.15) is 18.4 Å². The highest BCUT2D eigenvalue weighted by atomic mass is 15.2. The predicted molar refractivity (Wildman–Crippen MR) is 110 cm³/mol. The van der Waals surface area contributed by atoms with Crippen LogP contribution in [0.4, 0.5) is 5.82 Å². The molecule has 0 bridgehead atoms. The fraction of sp³-hybridized carbons (Fsp3) is 0.217. The molecule has 0 aliphatic carbocycles. The molecule has 0 atom stereocenters. The van der Waals surface area contributed by atoms with E-state index >= 15 is 0 Å². The maximum Gasteiger partial charge on any atom is 0.150 e. The van der Waals surface area contributed by atoms with Gasteiger partial charge in [0.25, 0.3) is 0 Å². The van der Waals surface area contributed by atoms with E-state index in [0.29, 0.717) is 0 Å². The van der Waals surface area contributed by atoms with Gasteiger partial charge >= 0.3 is 0 Å². The molecule has 0 amide bonds. The van der Waals surface area contributed by atoms with Gasteiger partial charge in [0.05, 0.1) is 5.39 Å². The molecule has 0 spiro atoms. The molecule has 2 aromatic carbocycles. The molecule has 2 aromatic heterocycles. The van der Waals surface area contributed by atoms with Gasteiger partial charge < -0.3 is 9.47 Å². The van der Waals surface area contributed by atoms with Gasteiger partial charge in [-0.15, -0.1) is 0 Å². The van der Waals surface area contributed by atoms with Crippen LogP contribution in [0, 0.1) is 6.92 Å². The average Bonchev–Trinajstić information content (AvgIpc) is 3.37. The van der Waals surface area contributed by atoms with Crippen molar-refractivity contribution in [2.24, 2.45) is 0 Å². The lowest BCUT2D eigenvalue weighted by Crippen LogP contribution is -2.19. The molecule has 1 aliphatic heterocycles. The number of benzene rings is 2. The summed E-state index contributed by atoms with van der Waals surface area (Å²) in [5, 5.41) is 1.15. The molecule has 0 N–H and O–H groups in total. The van der Waals surface area contributed by atoms with E-state index < -0.39 is 0 Å². The predicted octanol–water partition coefficient (Wildman–Crippen LogP) is 5.00. The molecule has 0 saturated carbocycles. The highest BCUT2D eigenvalue weighted by Gasteiger charge is 2.22. The number of para-hydroxylation sites is 1. The normalized spacial score (nSPS) is 14.2. The molecule has 4 nitrogen and oxygen atoms in total. The Balaban J connectivity index is 1.83. The second kappa shape index (κ2) is 6.54. The van der Waals surface area contributed by atoms with Gasteiger partial charge in [-0.1, -0.05) is 48.5 Å². The molecule has 1 fully saturated rings. The van der Waals surface area contributed by atoms with Crippen LogP contribution in [-0.4, -0.2) is 27.6 Å². The summed E-state index contributed by atoms with van der Waals surface area (Å²) in [4.78, 5) is 11.8. The standard InChI is InChI=1S/C23H22N4/c1-17-9-5-6-12-20(17)27-15-19(18-10-3-2-4-11-18)21-22(24-16-25-23(21)27)26-13-7-8-14-26/h2-6,9-12,15-16H,7-8,13-14H2,1H3. The van der Waals surface area contributed by atoms with Crippen molar-refractivity contribution < 1.29 is 0 Å². The third kappa shape index (κ3) is 2.69. The minimum atomic E-state index is 0.972. The van der Waals surface area contributed by atoms with Gasteiger partial charge in [0.2, 0.25) is 0 Å². The lowest BCUT2D eigenvalue weighted by Gasteiger charge is -2.18. The number of hydrogen-bond acceptors (Lipinski definition) is 3. The smallest absolute Gasteiger partial charge is 0.150 e. The highest BCUT2D eigenvalue weighted by molar-refractivity contribution is 6.02. The van der Waals surface area contributed by atoms with Crippen LogP contribution in [0.15, 0.2) is 67.1 Å². The van der Waals surface area contributed by atoms with E-state index in [0.717, 1.165) is 35.6 Å². The number of anilines is 1. The van der Waals surface area contributed by atoms with Crippen molar-refractivity contribution in [2.75, 3.05) is 18.0 Å². The molecule has 27 heavy (non-hydrogen) atoms. The average molecular weight is 354 g/mol. The summed E-state index contributed by atoms with van der Waals surface area (Å²) in [6, 6.07) is 19.0. The largest absolute Gasteiger partial charge is 0.356 e. The molecule has 134 valence electrons. The van der Waals surface area contributed by atoms with E-state index in [9.17, 15) is 0 Å². The van der Waals surface area contributed by atoms with Crippen LogP contribution in [0.2, 0.25) is 0 Å². The Labute approximate surface area is 159 Å². The van der Waals surface area contributed by atoms with E-state index in [1.54, 1.807) is 6.33 Å². The Bertz CT molecular complexity index is 1090. The summed E-state index contributed by atoms with van der Waals surface area (Å²) in [5.41, 5.74) is 5.76.